The summed E-state index contributed by atoms with van der Waals surface area (Å²) in [6.45, 7) is 1.21. The van der Waals surface area contributed by atoms with E-state index >= 15 is 0 Å². The molecule has 0 saturated heterocycles. The van der Waals surface area contributed by atoms with Crippen molar-refractivity contribution in [2.24, 2.45) is 5.73 Å². The van der Waals surface area contributed by atoms with Crippen molar-refractivity contribution in [3.05, 3.63) is 53.2 Å². The van der Waals surface area contributed by atoms with Crippen molar-refractivity contribution in [3.8, 4) is 5.75 Å². The molecule has 3 nitrogen and oxygen atoms in total. The Morgan fingerprint density at radius 3 is 2.95 bits per heavy atom. The Balaban J connectivity index is 1.70. The van der Waals surface area contributed by atoms with Gasteiger partial charge in [0, 0.05) is 18.5 Å². The van der Waals surface area contributed by atoms with Gasteiger partial charge in [-0.1, -0.05) is 23.7 Å². The third kappa shape index (κ3) is 4.71. The van der Waals surface area contributed by atoms with Gasteiger partial charge in [-0.05, 0) is 36.2 Å². The van der Waals surface area contributed by atoms with E-state index in [4.69, 9.17) is 22.1 Å². The highest BCUT2D eigenvalue weighted by Crippen LogP contribution is 2.24. The lowest BCUT2D eigenvalue weighted by molar-refractivity contribution is 0.318. The topological polar surface area (TPSA) is 48.1 Å². The molecule has 2 N–H and O–H groups in total. The van der Waals surface area contributed by atoms with E-state index in [0.29, 0.717) is 18.2 Å². The number of rotatable bonds is 7. The lowest BCUT2D eigenvalue weighted by Gasteiger charge is -2.07. The summed E-state index contributed by atoms with van der Waals surface area (Å²) in [5.74, 6) is 1.79. The normalized spacial score (nSPS) is 10.5. The molecule has 0 atom stereocenters. The lowest BCUT2D eigenvalue weighted by atomic mass is 10.2. The van der Waals surface area contributed by atoms with Crippen LogP contribution in [0.25, 0.3) is 0 Å². The molecular weight excluding hydrogens is 292 g/mol. The maximum absolute atomic E-state index is 6.04. The quantitative estimate of drug-likeness (QED) is 0.625. The average molecular weight is 309 g/mol. The van der Waals surface area contributed by atoms with E-state index < -0.39 is 0 Å². The van der Waals surface area contributed by atoms with Gasteiger partial charge in [0.05, 0.1) is 11.6 Å². The van der Waals surface area contributed by atoms with Crippen molar-refractivity contribution in [2.45, 2.75) is 18.0 Å². The summed E-state index contributed by atoms with van der Waals surface area (Å²) in [4.78, 5) is 4.23. The highest BCUT2D eigenvalue weighted by atomic mass is 35.5. The molecule has 0 unspecified atom stereocenters. The minimum atomic E-state index is 0.533. The second-order valence-corrected chi connectivity index (χ2v) is 5.68. The summed E-state index contributed by atoms with van der Waals surface area (Å²) in [5.41, 5.74) is 6.68. The van der Waals surface area contributed by atoms with Crippen molar-refractivity contribution in [2.75, 3.05) is 12.4 Å². The van der Waals surface area contributed by atoms with Gasteiger partial charge in [-0.3, -0.25) is 0 Å². The van der Waals surface area contributed by atoms with E-state index in [9.17, 15) is 0 Å². The molecule has 0 aliphatic carbocycles. The summed E-state index contributed by atoms with van der Waals surface area (Å²) in [5, 5.41) is 1.58. The van der Waals surface area contributed by atoms with E-state index in [0.717, 1.165) is 28.5 Å². The Hall–Kier alpha value is -1.23. The molecule has 1 heterocycles. The van der Waals surface area contributed by atoms with Crippen LogP contribution in [0.15, 0.2) is 47.6 Å². The van der Waals surface area contributed by atoms with Gasteiger partial charge in [-0.2, -0.15) is 0 Å². The summed E-state index contributed by atoms with van der Waals surface area (Å²) < 4.78 is 5.69. The zero-order chi connectivity index (χ0) is 14.2. The van der Waals surface area contributed by atoms with Gasteiger partial charge >= 0.3 is 0 Å². The second kappa shape index (κ2) is 8.15. The van der Waals surface area contributed by atoms with E-state index in [1.807, 2.05) is 36.4 Å². The molecule has 0 aliphatic rings. The molecule has 0 saturated carbocycles. The fourth-order valence-electron chi connectivity index (χ4n) is 1.66. The third-order valence-electron chi connectivity index (χ3n) is 2.66. The molecule has 5 heteroatoms. The Labute approximate surface area is 128 Å². The molecule has 2 aromatic rings. The molecule has 1 aromatic heterocycles. The molecule has 0 fully saturated rings. The van der Waals surface area contributed by atoms with Crippen LogP contribution < -0.4 is 10.5 Å². The van der Waals surface area contributed by atoms with Gasteiger partial charge in [0.15, 0.2) is 0 Å². The summed E-state index contributed by atoms with van der Waals surface area (Å²) >= 11 is 7.69. The molecule has 0 amide bonds. The number of aromatic nitrogens is 1. The molecular formula is C15H17ClN2OS. The van der Waals surface area contributed by atoms with Crippen LogP contribution in [-0.4, -0.2) is 17.3 Å². The van der Waals surface area contributed by atoms with Crippen LogP contribution in [0, 0.1) is 0 Å². The van der Waals surface area contributed by atoms with Crippen LogP contribution in [0.3, 0.4) is 0 Å². The van der Waals surface area contributed by atoms with Gasteiger partial charge in [0.2, 0.25) is 0 Å². The summed E-state index contributed by atoms with van der Waals surface area (Å²) in [6.07, 6.45) is 2.69. The zero-order valence-electron chi connectivity index (χ0n) is 11.1. The van der Waals surface area contributed by atoms with Crippen LogP contribution >= 0.6 is 23.4 Å². The minimum absolute atomic E-state index is 0.533. The largest absolute Gasteiger partial charge is 0.494 e. The fourth-order valence-corrected chi connectivity index (χ4v) is 2.74. The maximum Gasteiger partial charge on any atom is 0.119 e. The van der Waals surface area contributed by atoms with Gasteiger partial charge in [-0.25, -0.2) is 4.98 Å². The number of benzene rings is 1. The molecule has 0 spiro atoms. The van der Waals surface area contributed by atoms with E-state index in [1.54, 1.807) is 18.0 Å². The maximum atomic E-state index is 6.04. The van der Waals surface area contributed by atoms with Crippen molar-refractivity contribution >= 4 is 23.4 Å². The first-order chi connectivity index (χ1) is 9.79. The van der Waals surface area contributed by atoms with Crippen molar-refractivity contribution < 1.29 is 4.74 Å². The predicted molar refractivity (Wildman–Crippen MR) is 84.4 cm³/mol. The first kappa shape index (κ1) is 15.2. The van der Waals surface area contributed by atoms with E-state index in [-0.39, 0.29) is 0 Å². The fraction of sp³-hybridized carbons (Fsp3) is 0.267. The van der Waals surface area contributed by atoms with Crippen LogP contribution in [-0.2, 0) is 6.54 Å². The van der Waals surface area contributed by atoms with Crippen LogP contribution in [0.2, 0.25) is 5.02 Å². The van der Waals surface area contributed by atoms with Crippen LogP contribution in [0.5, 0.6) is 5.75 Å². The van der Waals surface area contributed by atoms with E-state index in [1.165, 1.54) is 0 Å². The average Bonchev–Trinajstić information content (AvgIpc) is 2.49. The number of pyridine rings is 1. The Morgan fingerprint density at radius 2 is 2.15 bits per heavy atom. The van der Waals surface area contributed by atoms with Crippen LogP contribution in [0.1, 0.15) is 12.0 Å². The van der Waals surface area contributed by atoms with E-state index in [2.05, 4.69) is 4.98 Å². The third-order valence-corrected chi connectivity index (χ3v) is 4.16. The molecule has 0 bridgehead atoms. The van der Waals surface area contributed by atoms with Gasteiger partial charge in [0.1, 0.15) is 10.8 Å². The molecule has 1 aromatic carbocycles. The number of hydrogen-bond donors (Lipinski definition) is 1. The van der Waals surface area contributed by atoms with Crippen molar-refractivity contribution in [1.82, 2.24) is 4.98 Å². The number of nitrogens with zero attached hydrogens (tertiary/aromatic N) is 1. The van der Waals surface area contributed by atoms with Gasteiger partial charge in [-0.15, -0.1) is 11.8 Å². The highest BCUT2D eigenvalue weighted by Gasteiger charge is 2.01. The minimum Gasteiger partial charge on any atom is -0.494 e. The van der Waals surface area contributed by atoms with Gasteiger partial charge < -0.3 is 10.5 Å². The molecule has 2 rings (SSSR count). The van der Waals surface area contributed by atoms with Gasteiger partial charge in [0.25, 0.3) is 0 Å². The molecule has 20 heavy (non-hydrogen) atoms. The Kier molecular flexibility index (Phi) is 6.18. The SMILES string of the molecule is NCc1cccc(OCCCSc2ncccc2Cl)c1. The highest BCUT2D eigenvalue weighted by molar-refractivity contribution is 7.99. The number of halogens is 1. The monoisotopic (exact) mass is 308 g/mol. The number of nitrogens with two attached hydrogens (primary N) is 1. The predicted octanol–water partition coefficient (Wildman–Crippen LogP) is 3.75. The summed E-state index contributed by atoms with van der Waals surface area (Å²) in [7, 11) is 0. The number of ether oxygens (including phenoxy) is 1. The van der Waals surface area contributed by atoms with Crippen molar-refractivity contribution in [3.63, 3.8) is 0 Å². The molecule has 0 radical (unpaired) electrons. The Bertz CT molecular complexity index is 551. The molecule has 0 aliphatic heterocycles. The lowest BCUT2D eigenvalue weighted by Crippen LogP contribution is -2.01. The van der Waals surface area contributed by atoms with Crippen LogP contribution in [0.4, 0.5) is 0 Å². The number of hydrogen-bond acceptors (Lipinski definition) is 4. The summed E-state index contributed by atoms with van der Waals surface area (Å²) in [6, 6.07) is 11.6. The smallest absolute Gasteiger partial charge is 0.119 e. The second-order valence-electron chi connectivity index (χ2n) is 4.19. The van der Waals surface area contributed by atoms with Crippen molar-refractivity contribution in [1.29, 1.82) is 0 Å². The first-order valence-corrected chi connectivity index (χ1v) is 7.81. The molecule has 106 valence electrons. The Morgan fingerprint density at radius 1 is 1.25 bits per heavy atom. The zero-order valence-corrected chi connectivity index (χ0v) is 12.7. The standard InChI is InChI=1S/C15H17ClN2OS/c16-14-6-2-7-18-15(14)20-9-3-8-19-13-5-1-4-12(10-13)11-17/h1-2,4-7,10H,3,8-9,11,17H2. The number of thioether (sulfide) groups is 1. The first-order valence-electron chi connectivity index (χ1n) is 6.44.